The van der Waals surface area contributed by atoms with Crippen molar-refractivity contribution in [3.8, 4) is 0 Å². The van der Waals surface area contributed by atoms with Gasteiger partial charge < -0.3 is 5.32 Å². The van der Waals surface area contributed by atoms with E-state index in [1.165, 1.54) is 23.1 Å². The van der Waals surface area contributed by atoms with E-state index in [0.29, 0.717) is 13.1 Å². The number of carbonyl (C=O) groups excluding carboxylic acids is 1. The topological polar surface area (TPSA) is 35.6 Å². The summed E-state index contributed by atoms with van der Waals surface area (Å²) in [6.07, 6.45) is -4.49. The first-order valence-electron chi connectivity index (χ1n) is 8.45. The van der Waals surface area contributed by atoms with Gasteiger partial charge in [-0.15, -0.1) is 11.3 Å². The van der Waals surface area contributed by atoms with E-state index in [1.54, 1.807) is 11.3 Å². The molecule has 1 aromatic carbocycles. The van der Waals surface area contributed by atoms with Crippen molar-refractivity contribution < 1.29 is 18.0 Å². The molecule has 1 fully saturated rings. The summed E-state index contributed by atoms with van der Waals surface area (Å²) in [6, 6.07) is 7.06. The molecule has 1 N–H and O–H groups in total. The van der Waals surface area contributed by atoms with Crippen LogP contribution in [0.5, 0.6) is 0 Å². The van der Waals surface area contributed by atoms with Crippen molar-refractivity contribution in [3.05, 3.63) is 50.6 Å². The molecule has 1 aliphatic heterocycles. The average Bonchev–Trinajstić information content (AvgIpc) is 3.01. The fraction of sp³-hybridized carbons (Fsp3) is 0.389. The van der Waals surface area contributed by atoms with Crippen LogP contribution in [0, 0.1) is 0 Å². The highest BCUT2D eigenvalue weighted by Crippen LogP contribution is 2.34. The molecular formula is C18H19BrF3N3OS. The van der Waals surface area contributed by atoms with Crippen LogP contribution in [-0.2, 0) is 17.5 Å². The Bertz CT molecular complexity index is 788. The van der Waals surface area contributed by atoms with E-state index in [2.05, 4.69) is 26.1 Å². The van der Waals surface area contributed by atoms with Crippen LogP contribution in [0.4, 0.5) is 18.9 Å². The highest BCUT2D eigenvalue weighted by Gasteiger charge is 2.33. The maximum absolute atomic E-state index is 13.0. The van der Waals surface area contributed by atoms with Gasteiger partial charge in [0.05, 0.1) is 17.8 Å². The summed E-state index contributed by atoms with van der Waals surface area (Å²) in [6.45, 7) is 3.99. The van der Waals surface area contributed by atoms with Gasteiger partial charge in [-0.05, 0) is 39.5 Å². The molecule has 2 heterocycles. The fourth-order valence-corrected chi connectivity index (χ4v) is 4.50. The Hall–Kier alpha value is -1.42. The van der Waals surface area contributed by atoms with Crippen molar-refractivity contribution in [2.24, 2.45) is 0 Å². The molecule has 2 aromatic rings. The Kier molecular flexibility index (Phi) is 6.56. The van der Waals surface area contributed by atoms with Gasteiger partial charge in [0.15, 0.2) is 0 Å². The molecule has 4 nitrogen and oxygen atoms in total. The molecule has 0 unspecified atom stereocenters. The smallest absolute Gasteiger partial charge is 0.324 e. The second-order valence-corrected chi connectivity index (χ2v) is 8.19. The van der Waals surface area contributed by atoms with Crippen LogP contribution in [0.3, 0.4) is 0 Å². The Balaban J connectivity index is 1.50. The third kappa shape index (κ3) is 5.54. The third-order valence-corrected chi connectivity index (χ3v) is 6.31. The van der Waals surface area contributed by atoms with Crippen LogP contribution in [0.15, 0.2) is 40.2 Å². The normalized spacial score (nSPS) is 16.4. The summed E-state index contributed by atoms with van der Waals surface area (Å²) in [7, 11) is 0. The molecule has 0 radical (unpaired) electrons. The zero-order valence-corrected chi connectivity index (χ0v) is 16.8. The molecule has 1 saturated heterocycles. The number of nitrogens with zero attached hydrogens (tertiary/aromatic N) is 2. The lowest BCUT2D eigenvalue weighted by Crippen LogP contribution is -2.48. The predicted molar refractivity (Wildman–Crippen MR) is 104 cm³/mol. The first kappa shape index (κ1) is 20.3. The van der Waals surface area contributed by atoms with Gasteiger partial charge in [-0.3, -0.25) is 14.6 Å². The van der Waals surface area contributed by atoms with E-state index < -0.39 is 17.6 Å². The minimum absolute atomic E-state index is 0.0860. The second kappa shape index (κ2) is 8.72. The van der Waals surface area contributed by atoms with Crippen molar-refractivity contribution >= 4 is 38.9 Å². The number of amides is 1. The van der Waals surface area contributed by atoms with E-state index >= 15 is 0 Å². The van der Waals surface area contributed by atoms with Gasteiger partial charge in [0.1, 0.15) is 0 Å². The largest absolute Gasteiger partial charge is 0.418 e. The number of piperazine rings is 1. The van der Waals surface area contributed by atoms with Gasteiger partial charge in [0.25, 0.3) is 0 Å². The first-order chi connectivity index (χ1) is 12.8. The van der Waals surface area contributed by atoms with Crippen LogP contribution >= 0.6 is 27.3 Å². The maximum atomic E-state index is 13.0. The predicted octanol–water partition coefficient (Wildman–Crippen LogP) is 4.29. The lowest BCUT2D eigenvalue weighted by atomic mass is 10.1. The Morgan fingerprint density at radius 1 is 1.11 bits per heavy atom. The van der Waals surface area contributed by atoms with Gasteiger partial charge in [-0.25, -0.2) is 0 Å². The molecule has 0 spiro atoms. The van der Waals surface area contributed by atoms with Crippen molar-refractivity contribution in [3.63, 3.8) is 0 Å². The number of halogens is 4. The SMILES string of the molecule is O=C(CN1CCN(Cc2sccc2Br)CC1)Nc1ccccc1C(F)(F)F. The Labute approximate surface area is 168 Å². The van der Waals surface area contributed by atoms with E-state index in [1.807, 2.05) is 16.3 Å². The van der Waals surface area contributed by atoms with E-state index in [4.69, 9.17) is 0 Å². The molecule has 9 heteroatoms. The molecule has 27 heavy (non-hydrogen) atoms. The van der Waals surface area contributed by atoms with Crippen LogP contribution in [0.25, 0.3) is 0 Å². The van der Waals surface area contributed by atoms with Crippen LogP contribution in [-0.4, -0.2) is 48.4 Å². The minimum atomic E-state index is -4.49. The highest BCUT2D eigenvalue weighted by atomic mass is 79.9. The molecule has 1 aliphatic rings. The quantitative estimate of drug-likeness (QED) is 0.721. The van der Waals surface area contributed by atoms with E-state index in [-0.39, 0.29) is 12.2 Å². The summed E-state index contributed by atoms with van der Waals surface area (Å²) in [5.74, 6) is -0.429. The maximum Gasteiger partial charge on any atom is 0.418 e. The van der Waals surface area contributed by atoms with Crippen molar-refractivity contribution in [2.45, 2.75) is 12.7 Å². The second-order valence-electron chi connectivity index (χ2n) is 6.34. The van der Waals surface area contributed by atoms with Gasteiger partial charge in [-0.2, -0.15) is 13.2 Å². The molecule has 0 atom stereocenters. The number of hydrogen-bond acceptors (Lipinski definition) is 4. The monoisotopic (exact) mass is 461 g/mol. The summed E-state index contributed by atoms with van der Waals surface area (Å²) in [4.78, 5) is 17.7. The molecular weight excluding hydrogens is 443 g/mol. The van der Waals surface area contributed by atoms with Gasteiger partial charge in [-0.1, -0.05) is 12.1 Å². The van der Waals surface area contributed by atoms with Crippen molar-refractivity contribution in [1.29, 1.82) is 0 Å². The Morgan fingerprint density at radius 3 is 2.41 bits per heavy atom. The molecule has 0 saturated carbocycles. The number of thiophene rings is 1. The first-order valence-corrected chi connectivity index (χ1v) is 10.1. The standard InChI is InChI=1S/C18H19BrF3N3OS/c19-14-5-10-27-16(14)11-24-6-8-25(9-7-24)12-17(26)23-15-4-2-1-3-13(15)18(20,21)22/h1-5,10H,6-9,11-12H2,(H,23,26). The third-order valence-electron chi connectivity index (χ3n) is 4.40. The van der Waals surface area contributed by atoms with E-state index in [0.717, 1.165) is 30.2 Å². The van der Waals surface area contributed by atoms with Crippen LogP contribution in [0.1, 0.15) is 10.4 Å². The molecule has 0 bridgehead atoms. The lowest BCUT2D eigenvalue weighted by Gasteiger charge is -2.34. The number of nitrogens with one attached hydrogen (secondary N) is 1. The number of anilines is 1. The number of carbonyl (C=O) groups is 1. The number of para-hydroxylation sites is 1. The van der Waals surface area contributed by atoms with Crippen molar-refractivity contribution in [2.75, 3.05) is 38.0 Å². The summed E-state index contributed by atoms with van der Waals surface area (Å²) < 4.78 is 40.2. The number of benzene rings is 1. The molecule has 1 aromatic heterocycles. The van der Waals surface area contributed by atoms with E-state index in [9.17, 15) is 18.0 Å². The summed E-state index contributed by atoms with van der Waals surface area (Å²) in [5, 5.41) is 4.44. The average molecular weight is 462 g/mol. The molecule has 146 valence electrons. The zero-order chi connectivity index (χ0) is 19.4. The number of rotatable bonds is 5. The van der Waals surface area contributed by atoms with Crippen molar-refractivity contribution in [1.82, 2.24) is 9.80 Å². The van der Waals surface area contributed by atoms with Gasteiger partial charge in [0.2, 0.25) is 5.91 Å². The molecule has 3 rings (SSSR count). The fourth-order valence-electron chi connectivity index (χ4n) is 2.98. The Morgan fingerprint density at radius 2 is 1.78 bits per heavy atom. The van der Waals surface area contributed by atoms with Gasteiger partial charge >= 0.3 is 6.18 Å². The van der Waals surface area contributed by atoms with Crippen LogP contribution in [0.2, 0.25) is 0 Å². The summed E-state index contributed by atoms with van der Waals surface area (Å²) in [5.41, 5.74) is -1.03. The van der Waals surface area contributed by atoms with Gasteiger partial charge in [0, 0.05) is 42.1 Å². The summed E-state index contributed by atoms with van der Waals surface area (Å²) >= 11 is 5.23. The lowest BCUT2D eigenvalue weighted by molar-refractivity contribution is -0.137. The molecule has 0 aliphatic carbocycles. The van der Waals surface area contributed by atoms with Crippen LogP contribution < -0.4 is 5.32 Å². The zero-order valence-electron chi connectivity index (χ0n) is 14.4. The molecule has 1 amide bonds. The number of hydrogen-bond donors (Lipinski definition) is 1. The number of alkyl halides is 3. The highest BCUT2D eigenvalue weighted by molar-refractivity contribution is 9.10. The minimum Gasteiger partial charge on any atom is -0.324 e.